The van der Waals surface area contributed by atoms with Gasteiger partial charge in [-0.25, -0.2) is 4.39 Å². The van der Waals surface area contributed by atoms with E-state index in [2.05, 4.69) is 15.6 Å². The second kappa shape index (κ2) is 9.90. The molecule has 3 heterocycles. The summed E-state index contributed by atoms with van der Waals surface area (Å²) in [6.45, 7) is 3.58. The zero-order valence-electron chi connectivity index (χ0n) is 21.0. The zero-order chi connectivity index (χ0) is 27.8. The third-order valence-corrected chi connectivity index (χ3v) is 6.61. The van der Waals surface area contributed by atoms with E-state index in [4.69, 9.17) is 0 Å². The van der Waals surface area contributed by atoms with Crippen LogP contribution in [-0.4, -0.2) is 32.4 Å². The third-order valence-electron chi connectivity index (χ3n) is 6.61. The first-order valence-electron chi connectivity index (χ1n) is 12.0. The molecule has 0 fully saturated rings. The standard InChI is InChI=1S/C29H23FN4O5/c1-15-22(14-26(35)36)16(2)31-24(15)13-23-20-10-7-18(12-25(20)33-28(23)38)32-27(37)21-4-3-11-34(29(21)39)19-8-5-17(30)6-9-19/h3-13,31H,14H2,1-2H3,(H,32,37)(H,33,38)(H,35,36)/b23-13-. The van der Waals surface area contributed by atoms with Gasteiger partial charge in [-0.3, -0.25) is 23.7 Å². The van der Waals surface area contributed by atoms with Gasteiger partial charge in [0.1, 0.15) is 11.4 Å². The summed E-state index contributed by atoms with van der Waals surface area (Å²) in [4.78, 5) is 53.0. The van der Waals surface area contributed by atoms with E-state index in [1.54, 1.807) is 44.2 Å². The Hall–Kier alpha value is -5.25. The Balaban J connectivity index is 1.40. The van der Waals surface area contributed by atoms with Crippen molar-refractivity contribution in [2.24, 2.45) is 0 Å². The van der Waals surface area contributed by atoms with Crippen LogP contribution in [0.2, 0.25) is 0 Å². The van der Waals surface area contributed by atoms with E-state index < -0.39 is 23.3 Å². The fourth-order valence-electron chi connectivity index (χ4n) is 4.61. The highest BCUT2D eigenvalue weighted by atomic mass is 19.1. The molecule has 0 aliphatic carbocycles. The number of nitrogens with zero attached hydrogens (tertiary/aromatic N) is 1. The molecule has 39 heavy (non-hydrogen) atoms. The maximum Gasteiger partial charge on any atom is 0.307 e. The minimum absolute atomic E-state index is 0.110. The van der Waals surface area contributed by atoms with Gasteiger partial charge in [-0.1, -0.05) is 6.07 Å². The van der Waals surface area contributed by atoms with Gasteiger partial charge in [0.2, 0.25) is 0 Å². The average molecular weight is 527 g/mol. The maximum absolute atomic E-state index is 13.3. The Bertz CT molecular complexity index is 1750. The van der Waals surface area contributed by atoms with E-state index in [9.17, 15) is 28.7 Å². The van der Waals surface area contributed by atoms with Crippen molar-refractivity contribution in [3.63, 3.8) is 0 Å². The number of pyridine rings is 1. The number of anilines is 2. The quantitative estimate of drug-likeness (QED) is 0.278. The summed E-state index contributed by atoms with van der Waals surface area (Å²) in [5.41, 5.74) is 4.37. The van der Waals surface area contributed by atoms with Gasteiger partial charge in [-0.15, -0.1) is 0 Å². The van der Waals surface area contributed by atoms with Crippen molar-refractivity contribution in [3.8, 4) is 5.69 Å². The molecule has 5 rings (SSSR count). The summed E-state index contributed by atoms with van der Waals surface area (Å²) < 4.78 is 14.5. The lowest BCUT2D eigenvalue weighted by molar-refractivity contribution is -0.136. The van der Waals surface area contributed by atoms with E-state index in [1.807, 2.05) is 0 Å². The van der Waals surface area contributed by atoms with Crippen LogP contribution < -0.4 is 16.2 Å². The minimum Gasteiger partial charge on any atom is -0.481 e. The van der Waals surface area contributed by atoms with E-state index in [0.29, 0.717) is 39.5 Å². The summed E-state index contributed by atoms with van der Waals surface area (Å²) in [5, 5.41) is 14.6. The van der Waals surface area contributed by atoms with Crippen LogP contribution in [0.4, 0.5) is 15.8 Å². The Morgan fingerprint density at radius 3 is 2.54 bits per heavy atom. The van der Waals surface area contributed by atoms with Crippen molar-refractivity contribution >= 4 is 40.8 Å². The fourth-order valence-corrected chi connectivity index (χ4v) is 4.61. The van der Waals surface area contributed by atoms with Crippen molar-refractivity contribution in [2.75, 3.05) is 10.6 Å². The predicted molar refractivity (Wildman–Crippen MR) is 144 cm³/mol. The van der Waals surface area contributed by atoms with Crippen LogP contribution in [0.25, 0.3) is 17.3 Å². The van der Waals surface area contributed by atoms with Crippen molar-refractivity contribution in [3.05, 3.63) is 111 Å². The summed E-state index contributed by atoms with van der Waals surface area (Å²) in [7, 11) is 0. The van der Waals surface area contributed by atoms with Crippen molar-refractivity contribution in [1.82, 2.24) is 9.55 Å². The van der Waals surface area contributed by atoms with Gasteiger partial charge in [-0.05, 0) is 79.6 Å². The molecule has 2 amide bonds. The molecule has 10 heteroatoms. The molecule has 0 bridgehead atoms. The highest BCUT2D eigenvalue weighted by Gasteiger charge is 2.26. The molecule has 1 aliphatic rings. The number of hydrogen-bond acceptors (Lipinski definition) is 4. The lowest BCUT2D eigenvalue weighted by Crippen LogP contribution is -2.27. The van der Waals surface area contributed by atoms with Crippen molar-refractivity contribution < 1.29 is 23.9 Å². The SMILES string of the molecule is Cc1[nH]c(/C=C2\C(=O)Nc3cc(NC(=O)c4cccn(-c5ccc(F)cc5)c4=O)ccc32)c(C)c1CC(=O)O. The zero-order valence-corrected chi connectivity index (χ0v) is 21.0. The topological polar surface area (TPSA) is 133 Å². The summed E-state index contributed by atoms with van der Waals surface area (Å²) >= 11 is 0. The van der Waals surface area contributed by atoms with Gasteiger partial charge in [0.25, 0.3) is 17.4 Å². The molecule has 4 N–H and O–H groups in total. The number of aromatic amines is 1. The molecular weight excluding hydrogens is 503 g/mol. The Labute approximate surface area is 221 Å². The normalized spacial score (nSPS) is 13.3. The van der Waals surface area contributed by atoms with Gasteiger partial charge in [-0.2, -0.15) is 0 Å². The van der Waals surface area contributed by atoms with Crippen LogP contribution in [0.15, 0.2) is 65.6 Å². The number of carboxylic acid groups (broad SMARTS) is 1. The predicted octanol–water partition coefficient (Wildman–Crippen LogP) is 4.29. The highest BCUT2D eigenvalue weighted by molar-refractivity contribution is 6.35. The number of aliphatic carboxylic acids is 1. The minimum atomic E-state index is -0.942. The van der Waals surface area contributed by atoms with E-state index in [1.165, 1.54) is 41.1 Å². The molecule has 0 saturated heterocycles. The molecule has 0 unspecified atom stereocenters. The largest absolute Gasteiger partial charge is 0.481 e. The number of carbonyl (C=O) groups excluding carboxylic acids is 2. The number of carbonyl (C=O) groups is 3. The summed E-state index contributed by atoms with van der Waals surface area (Å²) in [5.74, 6) is -2.36. The first kappa shape index (κ1) is 25.4. The van der Waals surface area contributed by atoms with Gasteiger partial charge >= 0.3 is 5.97 Å². The average Bonchev–Trinajstić information content (AvgIpc) is 3.34. The van der Waals surface area contributed by atoms with E-state index >= 15 is 0 Å². The first-order valence-corrected chi connectivity index (χ1v) is 12.0. The van der Waals surface area contributed by atoms with Gasteiger partial charge in [0, 0.05) is 34.5 Å². The Morgan fingerprint density at radius 1 is 1.08 bits per heavy atom. The summed E-state index contributed by atoms with van der Waals surface area (Å²) in [6.07, 6.45) is 3.04. The molecule has 196 valence electrons. The van der Waals surface area contributed by atoms with Gasteiger partial charge < -0.3 is 20.7 Å². The molecule has 9 nitrogen and oxygen atoms in total. The molecule has 4 aromatic rings. The van der Waals surface area contributed by atoms with Crippen LogP contribution in [0.3, 0.4) is 0 Å². The molecule has 1 aliphatic heterocycles. The first-order chi connectivity index (χ1) is 18.6. The number of benzene rings is 2. The third kappa shape index (κ3) is 4.87. The number of amides is 2. The van der Waals surface area contributed by atoms with Gasteiger partial charge in [0.15, 0.2) is 0 Å². The van der Waals surface area contributed by atoms with E-state index in [-0.39, 0.29) is 17.9 Å². The highest BCUT2D eigenvalue weighted by Crippen LogP contribution is 2.36. The van der Waals surface area contributed by atoms with Crippen LogP contribution >= 0.6 is 0 Å². The molecule has 0 spiro atoms. The smallest absolute Gasteiger partial charge is 0.307 e. The lowest BCUT2D eigenvalue weighted by atomic mass is 10.0. The molecule has 0 saturated carbocycles. The number of hydrogen-bond donors (Lipinski definition) is 4. The van der Waals surface area contributed by atoms with Crippen molar-refractivity contribution in [2.45, 2.75) is 20.3 Å². The Kier molecular flexibility index (Phi) is 6.45. The second-order valence-corrected chi connectivity index (χ2v) is 9.14. The molecular formula is C29H23FN4O5. The second-order valence-electron chi connectivity index (χ2n) is 9.14. The van der Waals surface area contributed by atoms with Crippen LogP contribution in [-0.2, 0) is 16.0 Å². The van der Waals surface area contributed by atoms with Crippen LogP contribution in [0.1, 0.15) is 38.4 Å². The fraction of sp³-hybridized carbons (Fsp3) is 0.103. The molecule has 0 atom stereocenters. The Morgan fingerprint density at radius 2 is 1.82 bits per heavy atom. The van der Waals surface area contributed by atoms with Gasteiger partial charge in [0.05, 0.1) is 17.7 Å². The maximum atomic E-state index is 13.3. The van der Waals surface area contributed by atoms with Crippen LogP contribution in [0.5, 0.6) is 0 Å². The number of halogens is 1. The number of aryl methyl sites for hydroxylation is 1. The number of nitrogens with one attached hydrogen (secondary N) is 3. The molecule has 2 aromatic heterocycles. The molecule has 0 radical (unpaired) electrons. The lowest BCUT2D eigenvalue weighted by Gasteiger charge is -2.10. The number of rotatable bonds is 6. The van der Waals surface area contributed by atoms with Crippen molar-refractivity contribution in [1.29, 1.82) is 0 Å². The van der Waals surface area contributed by atoms with Crippen LogP contribution in [0, 0.1) is 19.7 Å². The number of H-pyrrole nitrogens is 1. The molecule has 2 aromatic carbocycles. The number of aromatic nitrogens is 2. The van der Waals surface area contributed by atoms with E-state index in [0.717, 1.165) is 11.3 Å². The monoisotopic (exact) mass is 526 g/mol. The number of fused-ring (bicyclic) bond motifs is 1. The number of carboxylic acids is 1. The summed E-state index contributed by atoms with van der Waals surface area (Å²) in [6, 6.07) is 13.2.